The molecule has 1 amide bonds. The number of amides is 1. The van der Waals surface area contributed by atoms with Crippen molar-refractivity contribution in [2.24, 2.45) is 0 Å². The number of carbonyl (C=O) groups excluding carboxylic acids is 3. The van der Waals surface area contributed by atoms with Crippen LogP contribution < -0.4 is 5.32 Å². The molecule has 5 heteroatoms. The zero-order valence-electron chi connectivity index (χ0n) is 13.4. The summed E-state index contributed by atoms with van der Waals surface area (Å²) in [4.78, 5) is 35.1. The Labute approximate surface area is 140 Å². The van der Waals surface area contributed by atoms with E-state index in [1.165, 1.54) is 20.1 Å². The number of ether oxygens (including phenoxy) is 1. The van der Waals surface area contributed by atoms with Crippen LogP contribution in [0.25, 0.3) is 6.08 Å². The summed E-state index contributed by atoms with van der Waals surface area (Å²) in [6.07, 6.45) is 1.49. The molecule has 0 aromatic heterocycles. The van der Waals surface area contributed by atoms with Gasteiger partial charge in [0.25, 0.3) is 0 Å². The lowest BCUT2D eigenvalue weighted by Gasteiger charge is -2.06. The normalized spacial score (nSPS) is 10.8. The van der Waals surface area contributed by atoms with Gasteiger partial charge in [-0.3, -0.25) is 9.59 Å². The maximum atomic E-state index is 12.3. The lowest BCUT2D eigenvalue weighted by atomic mass is 10.0. The first-order valence-corrected chi connectivity index (χ1v) is 7.28. The summed E-state index contributed by atoms with van der Waals surface area (Å²) in [5.41, 5.74) is 1.84. The van der Waals surface area contributed by atoms with E-state index in [1.54, 1.807) is 48.5 Å². The lowest BCUT2D eigenvalue weighted by molar-refractivity contribution is -0.137. The number of benzene rings is 2. The Kier molecular flexibility index (Phi) is 5.63. The molecule has 2 aromatic carbocycles. The SMILES string of the molecule is COC(=O)/C(=C/c1ccc(C(=O)c2ccccc2)cc1)NC(C)=O. The van der Waals surface area contributed by atoms with Crippen molar-refractivity contribution in [1.82, 2.24) is 5.32 Å². The molecule has 0 aliphatic rings. The number of methoxy groups -OCH3 is 1. The standard InChI is InChI=1S/C19H17NO4/c1-13(21)20-17(19(23)24-2)12-14-8-10-16(11-9-14)18(22)15-6-4-3-5-7-15/h3-12H,1-2H3,(H,20,21)/b17-12-. The molecule has 0 radical (unpaired) electrons. The quantitative estimate of drug-likeness (QED) is 0.521. The maximum absolute atomic E-state index is 12.3. The molecule has 2 aromatic rings. The highest BCUT2D eigenvalue weighted by Crippen LogP contribution is 2.13. The van der Waals surface area contributed by atoms with E-state index < -0.39 is 5.97 Å². The van der Waals surface area contributed by atoms with Crippen molar-refractivity contribution in [2.75, 3.05) is 7.11 Å². The first-order valence-electron chi connectivity index (χ1n) is 7.28. The van der Waals surface area contributed by atoms with E-state index in [4.69, 9.17) is 0 Å². The lowest BCUT2D eigenvalue weighted by Crippen LogP contribution is -2.25. The van der Waals surface area contributed by atoms with Gasteiger partial charge >= 0.3 is 5.97 Å². The Morgan fingerprint density at radius 2 is 1.50 bits per heavy atom. The van der Waals surface area contributed by atoms with Gasteiger partial charge in [-0.25, -0.2) is 4.79 Å². The van der Waals surface area contributed by atoms with Crippen LogP contribution in [0.3, 0.4) is 0 Å². The van der Waals surface area contributed by atoms with E-state index in [-0.39, 0.29) is 17.4 Å². The molecule has 24 heavy (non-hydrogen) atoms. The number of nitrogens with one attached hydrogen (secondary N) is 1. The van der Waals surface area contributed by atoms with Gasteiger partial charge in [0.05, 0.1) is 7.11 Å². The monoisotopic (exact) mass is 323 g/mol. The maximum Gasteiger partial charge on any atom is 0.354 e. The van der Waals surface area contributed by atoms with Crippen molar-refractivity contribution < 1.29 is 19.1 Å². The summed E-state index contributed by atoms with van der Waals surface area (Å²) in [6, 6.07) is 15.7. The third kappa shape index (κ3) is 4.39. The average Bonchev–Trinajstić information content (AvgIpc) is 2.61. The Balaban J connectivity index is 2.24. The van der Waals surface area contributed by atoms with E-state index >= 15 is 0 Å². The van der Waals surface area contributed by atoms with Crippen LogP contribution in [0.5, 0.6) is 0 Å². The van der Waals surface area contributed by atoms with Crippen LogP contribution in [0.15, 0.2) is 60.3 Å². The van der Waals surface area contributed by atoms with E-state index in [9.17, 15) is 14.4 Å². The Morgan fingerprint density at radius 1 is 0.917 bits per heavy atom. The minimum Gasteiger partial charge on any atom is -0.464 e. The van der Waals surface area contributed by atoms with Gasteiger partial charge < -0.3 is 10.1 Å². The first-order chi connectivity index (χ1) is 11.5. The predicted octanol–water partition coefficient (Wildman–Crippen LogP) is 2.57. The summed E-state index contributed by atoms with van der Waals surface area (Å²) >= 11 is 0. The molecule has 0 saturated heterocycles. The van der Waals surface area contributed by atoms with Crippen LogP contribution in [0, 0.1) is 0 Å². The number of hydrogen-bond acceptors (Lipinski definition) is 4. The number of ketones is 1. The van der Waals surface area contributed by atoms with Crippen molar-refractivity contribution >= 4 is 23.7 Å². The molecule has 0 saturated carbocycles. The van der Waals surface area contributed by atoms with Crippen molar-refractivity contribution in [3.63, 3.8) is 0 Å². The van der Waals surface area contributed by atoms with E-state index in [2.05, 4.69) is 10.1 Å². The Bertz CT molecular complexity index is 777. The Morgan fingerprint density at radius 3 is 2.04 bits per heavy atom. The van der Waals surface area contributed by atoms with Crippen LogP contribution in [0.1, 0.15) is 28.4 Å². The van der Waals surface area contributed by atoms with Crippen molar-refractivity contribution in [1.29, 1.82) is 0 Å². The van der Waals surface area contributed by atoms with Crippen molar-refractivity contribution in [3.8, 4) is 0 Å². The van der Waals surface area contributed by atoms with Crippen molar-refractivity contribution in [3.05, 3.63) is 77.0 Å². The predicted molar refractivity (Wildman–Crippen MR) is 90.1 cm³/mol. The van der Waals surface area contributed by atoms with Crippen LogP contribution in [0.2, 0.25) is 0 Å². The fourth-order valence-corrected chi connectivity index (χ4v) is 2.10. The van der Waals surface area contributed by atoms with Gasteiger partial charge in [-0.2, -0.15) is 0 Å². The first kappa shape index (κ1) is 17.1. The smallest absolute Gasteiger partial charge is 0.354 e. The van der Waals surface area contributed by atoms with Gasteiger partial charge in [0.2, 0.25) is 5.91 Å². The molecule has 5 nitrogen and oxygen atoms in total. The van der Waals surface area contributed by atoms with Crippen LogP contribution in [0.4, 0.5) is 0 Å². The minimum atomic E-state index is -0.644. The topological polar surface area (TPSA) is 72.5 Å². The van der Waals surface area contributed by atoms with Gasteiger partial charge in [-0.1, -0.05) is 54.6 Å². The molecule has 0 fully saturated rings. The highest BCUT2D eigenvalue weighted by Gasteiger charge is 2.12. The van der Waals surface area contributed by atoms with E-state index in [0.717, 1.165) is 0 Å². The van der Waals surface area contributed by atoms with Gasteiger partial charge in [0.1, 0.15) is 5.70 Å². The molecule has 0 atom stereocenters. The second-order valence-electron chi connectivity index (χ2n) is 5.05. The highest BCUT2D eigenvalue weighted by molar-refractivity contribution is 6.09. The molecule has 0 aliphatic heterocycles. The van der Waals surface area contributed by atoms with Crippen molar-refractivity contribution in [2.45, 2.75) is 6.92 Å². The summed E-state index contributed by atoms with van der Waals surface area (Å²) in [5, 5.41) is 2.42. The summed E-state index contributed by atoms with van der Waals surface area (Å²) in [7, 11) is 1.24. The summed E-state index contributed by atoms with van der Waals surface area (Å²) in [5.74, 6) is -1.10. The van der Waals surface area contributed by atoms with E-state index in [0.29, 0.717) is 16.7 Å². The van der Waals surface area contributed by atoms with Crippen LogP contribution in [-0.2, 0) is 14.3 Å². The number of carbonyl (C=O) groups is 3. The molecule has 0 bridgehead atoms. The molecule has 122 valence electrons. The second-order valence-corrected chi connectivity index (χ2v) is 5.05. The molecule has 0 unspecified atom stereocenters. The number of hydrogen-bond donors (Lipinski definition) is 1. The third-order valence-electron chi connectivity index (χ3n) is 3.24. The Hall–Kier alpha value is -3.21. The molecule has 0 heterocycles. The van der Waals surface area contributed by atoms with Crippen LogP contribution >= 0.6 is 0 Å². The van der Waals surface area contributed by atoms with Crippen LogP contribution in [-0.4, -0.2) is 24.8 Å². The highest BCUT2D eigenvalue weighted by atomic mass is 16.5. The van der Waals surface area contributed by atoms with Gasteiger partial charge in [0, 0.05) is 18.1 Å². The minimum absolute atomic E-state index is 0.0344. The van der Waals surface area contributed by atoms with Gasteiger partial charge in [-0.15, -0.1) is 0 Å². The van der Waals surface area contributed by atoms with Gasteiger partial charge in [-0.05, 0) is 11.6 Å². The fraction of sp³-hybridized carbons (Fsp3) is 0.105. The third-order valence-corrected chi connectivity index (χ3v) is 3.24. The zero-order chi connectivity index (χ0) is 17.5. The fourth-order valence-electron chi connectivity index (χ4n) is 2.10. The number of esters is 1. The second kappa shape index (κ2) is 7.87. The van der Waals surface area contributed by atoms with Gasteiger partial charge in [0.15, 0.2) is 5.78 Å². The molecule has 2 rings (SSSR count). The molecule has 0 spiro atoms. The largest absolute Gasteiger partial charge is 0.464 e. The average molecular weight is 323 g/mol. The van der Waals surface area contributed by atoms with E-state index in [1.807, 2.05) is 6.07 Å². The number of rotatable bonds is 5. The molecule has 1 N–H and O–H groups in total. The molecular weight excluding hydrogens is 306 g/mol. The molecular formula is C19H17NO4. The summed E-state index contributed by atoms with van der Waals surface area (Å²) < 4.78 is 4.63. The zero-order valence-corrected chi connectivity index (χ0v) is 13.4. The molecule has 0 aliphatic carbocycles. The summed E-state index contributed by atoms with van der Waals surface area (Å²) in [6.45, 7) is 1.30.